The van der Waals surface area contributed by atoms with Gasteiger partial charge in [-0.1, -0.05) is 11.6 Å². The summed E-state index contributed by atoms with van der Waals surface area (Å²) >= 11 is 5.18. The second kappa shape index (κ2) is 2.42. The molecule has 1 N–H and O–H groups in total. The van der Waals surface area contributed by atoms with Crippen molar-refractivity contribution in [1.29, 1.82) is 0 Å². The summed E-state index contributed by atoms with van der Waals surface area (Å²) in [6, 6.07) is 1.34. The van der Waals surface area contributed by atoms with E-state index in [1.54, 1.807) is 0 Å². The van der Waals surface area contributed by atoms with Crippen molar-refractivity contribution in [3.63, 3.8) is 0 Å². The van der Waals surface area contributed by atoms with Gasteiger partial charge in [-0.15, -0.1) is 0 Å². The summed E-state index contributed by atoms with van der Waals surface area (Å²) in [5.74, 6) is -2.54. The van der Waals surface area contributed by atoms with Gasteiger partial charge in [-0.05, 0) is 0 Å². The Labute approximate surface area is 60.9 Å². The van der Waals surface area contributed by atoms with Gasteiger partial charge in [-0.3, -0.25) is 0 Å². The third kappa shape index (κ3) is 1.19. The number of phenolic OH excluding ortho intramolecular Hbond substituents is 1. The van der Waals surface area contributed by atoms with E-state index in [-0.39, 0.29) is 5.02 Å². The van der Waals surface area contributed by atoms with Gasteiger partial charge in [0.05, 0.1) is 5.02 Å². The maximum atomic E-state index is 12.3. The van der Waals surface area contributed by atoms with Gasteiger partial charge in [-0.25, -0.2) is 8.78 Å². The third-order valence-electron chi connectivity index (χ3n) is 0.990. The summed E-state index contributed by atoms with van der Waals surface area (Å²) in [6.07, 6.45) is 0. The molecule has 0 aromatic heterocycles. The van der Waals surface area contributed by atoms with Gasteiger partial charge >= 0.3 is 0 Å². The smallest absolute Gasteiger partial charge is 0.167 e. The highest BCUT2D eigenvalue weighted by molar-refractivity contribution is 6.30. The Hall–Kier alpha value is -0.830. The Kier molecular flexibility index (Phi) is 1.76. The van der Waals surface area contributed by atoms with Gasteiger partial charge in [0, 0.05) is 12.1 Å². The van der Waals surface area contributed by atoms with E-state index >= 15 is 0 Å². The molecule has 1 nitrogen and oxygen atoms in total. The molecule has 0 spiro atoms. The van der Waals surface area contributed by atoms with Crippen molar-refractivity contribution in [3.05, 3.63) is 28.8 Å². The lowest BCUT2D eigenvalue weighted by Gasteiger charge is -1.95. The molecule has 0 aliphatic rings. The molecule has 0 bridgehead atoms. The predicted molar refractivity (Wildman–Crippen MR) is 33.0 cm³/mol. The van der Waals surface area contributed by atoms with Crippen molar-refractivity contribution in [1.82, 2.24) is 0 Å². The first-order valence-electron chi connectivity index (χ1n) is 2.45. The molecule has 10 heavy (non-hydrogen) atoms. The zero-order chi connectivity index (χ0) is 7.72. The van der Waals surface area contributed by atoms with Crippen LogP contribution in [-0.2, 0) is 0 Å². The van der Waals surface area contributed by atoms with E-state index in [9.17, 15) is 8.78 Å². The Morgan fingerprint density at radius 1 is 1.20 bits per heavy atom. The minimum absolute atomic E-state index is 0.293. The number of hydrogen-bond acceptors (Lipinski definition) is 1. The standard InChI is InChI=1S/C6H3ClF2O/c7-3-1-6(10)5(9)2-4(3)8/h1-2,10H. The number of rotatable bonds is 0. The summed E-state index contributed by atoms with van der Waals surface area (Å²) in [6.45, 7) is 0. The van der Waals surface area contributed by atoms with Crippen LogP contribution in [-0.4, -0.2) is 5.11 Å². The fraction of sp³-hybridized carbons (Fsp3) is 0. The lowest BCUT2D eigenvalue weighted by atomic mass is 10.3. The van der Waals surface area contributed by atoms with Crippen LogP contribution in [0.25, 0.3) is 0 Å². The normalized spacial score (nSPS) is 9.90. The van der Waals surface area contributed by atoms with Crippen LogP contribution >= 0.6 is 11.6 Å². The maximum absolute atomic E-state index is 12.3. The first-order valence-corrected chi connectivity index (χ1v) is 2.82. The Balaban J connectivity index is 3.28. The lowest BCUT2D eigenvalue weighted by molar-refractivity contribution is 0.428. The van der Waals surface area contributed by atoms with Crippen LogP contribution in [0.1, 0.15) is 0 Å². The first kappa shape index (κ1) is 7.28. The maximum Gasteiger partial charge on any atom is 0.167 e. The van der Waals surface area contributed by atoms with Crippen LogP contribution in [0.15, 0.2) is 12.1 Å². The zero-order valence-electron chi connectivity index (χ0n) is 4.74. The molecule has 0 amide bonds. The molecule has 1 aromatic carbocycles. The summed E-state index contributed by atoms with van der Waals surface area (Å²) in [7, 11) is 0. The SMILES string of the molecule is Oc1cc(Cl)c(F)cc1F. The number of halogens is 3. The quantitative estimate of drug-likeness (QED) is 0.584. The number of benzene rings is 1. The topological polar surface area (TPSA) is 20.2 Å². The Morgan fingerprint density at radius 2 is 1.80 bits per heavy atom. The molecule has 0 unspecified atom stereocenters. The van der Waals surface area contributed by atoms with Crippen molar-refractivity contribution >= 4 is 11.6 Å². The molecule has 0 saturated heterocycles. The Bertz CT molecular complexity index is 212. The van der Waals surface area contributed by atoms with E-state index < -0.39 is 17.4 Å². The second-order valence-electron chi connectivity index (χ2n) is 1.72. The molecule has 0 atom stereocenters. The molecule has 54 valence electrons. The molecule has 4 heteroatoms. The predicted octanol–water partition coefficient (Wildman–Crippen LogP) is 2.32. The average molecular weight is 165 g/mol. The molecular weight excluding hydrogens is 162 g/mol. The van der Waals surface area contributed by atoms with Crippen molar-refractivity contribution in [2.24, 2.45) is 0 Å². The third-order valence-corrected chi connectivity index (χ3v) is 1.28. The minimum atomic E-state index is -1.01. The van der Waals surface area contributed by atoms with Crippen molar-refractivity contribution in [3.8, 4) is 5.75 Å². The monoisotopic (exact) mass is 164 g/mol. The van der Waals surface area contributed by atoms with Gasteiger partial charge in [-0.2, -0.15) is 0 Å². The fourth-order valence-electron chi connectivity index (χ4n) is 0.512. The highest BCUT2D eigenvalue weighted by Crippen LogP contribution is 2.23. The highest BCUT2D eigenvalue weighted by atomic mass is 35.5. The van der Waals surface area contributed by atoms with Crippen LogP contribution in [0.4, 0.5) is 8.78 Å². The van der Waals surface area contributed by atoms with E-state index in [2.05, 4.69) is 0 Å². The number of hydrogen-bond donors (Lipinski definition) is 1. The molecule has 0 aliphatic heterocycles. The summed E-state index contributed by atoms with van der Waals surface area (Å²) in [5, 5.41) is 8.31. The van der Waals surface area contributed by atoms with Gasteiger partial charge < -0.3 is 5.11 Å². The number of aromatic hydroxyl groups is 1. The van der Waals surface area contributed by atoms with E-state index in [1.165, 1.54) is 0 Å². The number of phenols is 1. The second-order valence-corrected chi connectivity index (χ2v) is 2.12. The van der Waals surface area contributed by atoms with Gasteiger partial charge in [0.15, 0.2) is 11.6 Å². The van der Waals surface area contributed by atoms with Crippen LogP contribution in [0.5, 0.6) is 5.75 Å². The van der Waals surface area contributed by atoms with E-state index in [0.717, 1.165) is 6.07 Å². The first-order chi connectivity index (χ1) is 4.61. The van der Waals surface area contributed by atoms with E-state index in [1.807, 2.05) is 0 Å². The van der Waals surface area contributed by atoms with Gasteiger partial charge in [0.1, 0.15) is 5.82 Å². The minimum Gasteiger partial charge on any atom is -0.505 e. The van der Waals surface area contributed by atoms with Crippen LogP contribution < -0.4 is 0 Å². The molecule has 0 fully saturated rings. The molecular formula is C6H3ClF2O. The molecule has 0 saturated carbocycles. The fourth-order valence-corrected chi connectivity index (χ4v) is 0.670. The Morgan fingerprint density at radius 3 is 2.30 bits per heavy atom. The largest absolute Gasteiger partial charge is 0.505 e. The van der Waals surface area contributed by atoms with Gasteiger partial charge in [0.2, 0.25) is 0 Å². The molecule has 0 radical (unpaired) electrons. The van der Waals surface area contributed by atoms with Crippen LogP contribution in [0.2, 0.25) is 5.02 Å². The molecule has 0 aliphatic carbocycles. The summed E-state index contributed by atoms with van der Waals surface area (Å²) < 4.78 is 24.5. The van der Waals surface area contributed by atoms with Crippen molar-refractivity contribution in [2.75, 3.05) is 0 Å². The average Bonchev–Trinajstić information content (AvgIpc) is 1.84. The summed E-state index contributed by atoms with van der Waals surface area (Å²) in [5.41, 5.74) is 0. The van der Waals surface area contributed by atoms with Crippen molar-refractivity contribution in [2.45, 2.75) is 0 Å². The van der Waals surface area contributed by atoms with E-state index in [0.29, 0.717) is 6.07 Å². The van der Waals surface area contributed by atoms with Gasteiger partial charge in [0.25, 0.3) is 0 Å². The zero-order valence-corrected chi connectivity index (χ0v) is 5.49. The summed E-state index contributed by atoms with van der Waals surface area (Å²) in [4.78, 5) is 0. The lowest BCUT2D eigenvalue weighted by Crippen LogP contribution is -1.80. The molecule has 0 heterocycles. The van der Waals surface area contributed by atoms with Crippen LogP contribution in [0, 0.1) is 11.6 Å². The molecule has 1 rings (SSSR count). The van der Waals surface area contributed by atoms with Crippen LogP contribution in [0.3, 0.4) is 0 Å². The van der Waals surface area contributed by atoms with E-state index in [4.69, 9.17) is 16.7 Å². The van der Waals surface area contributed by atoms with Crippen molar-refractivity contribution < 1.29 is 13.9 Å². The molecule has 1 aromatic rings. The highest BCUT2D eigenvalue weighted by Gasteiger charge is 2.05.